The van der Waals surface area contributed by atoms with Crippen molar-refractivity contribution < 1.29 is 19.1 Å². The first-order chi connectivity index (χ1) is 10.7. The Morgan fingerprint density at radius 3 is 2.52 bits per heavy atom. The van der Waals surface area contributed by atoms with Crippen molar-refractivity contribution in [2.45, 2.75) is 38.9 Å². The second-order valence-electron chi connectivity index (χ2n) is 6.37. The Hall–Kier alpha value is -1.51. The number of ether oxygens (including phenoxy) is 2. The number of likely N-dealkylation sites (tertiary alicyclic amines) is 1. The van der Waals surface area contributed by atoms with Crippen LogP contribution in [0, 0.1) is 3.57 Å². The van der Waals surface area contributed by atoms with E-state index in [2.05, 4.69) is 27.9 Å². The fourth-order valence-electron chi connectivity index (χ4n) is 2.15. The van der Waals surface area contributed by atoms with Crippen molar-refractivity contribution in [3.05, 3.63) is 27.8 Å². The molecule has 1 aromatic carbocycles. The number of carbonyl (C=O) groups is 2. The zero-order valence-corrected chi connectivity index (χ0v) is 15.6. The van der Waals surface area contributed by atoms with Gasteiger partial charge in [0, 0.05) is 22.2 Å². The molecule has 7 heteroatoms. The van der Waals surface area contributed by atoms with Gasteiger partial charge in [-0.15, -0.1) is 0 Å². The van der Waals surface area contributed by atoms with E-state index in [4.69, 9.17) is 9.47 Å². The minimum atomic E-state index is -0.530. The van der Waals surface area contributed by atoms with Crippen LogP contribution in [-0.2, 0) is 9.47 Å². The number of hydrogen-bond acceptors (Lipinski definition) is 4. The molecule has 6 nitrogen and oxygen atoms in total. The van der Waals surface area contributed by atoms with Gasteiger partial charge in [0.25, 0.3) is 0 Å². The maximum absolute atomic E-state index is 12.0. The van der Waals surface area contributed by atoms with E-state index in [9.17, 15) is 9.59 Å². The number of hydrogen-bond donors (Lipinski definition) is 1. The summed E-state index contributed by atoms with van der Waals surface area (Å²) in [5.41, 5.74) is 0.149. The van der Waals surface area contributed by atoms with Crippen LogP contribution in [0.5, 0.6) is 0 Å². The molecule has 0 saturated carbocycles. The van der Waals surface area contributed by atoms with Crippen LogP contribution in [0.15, 0.2) is 24.3 Å². The molecule has 0 radical (unpaired) electrons. The Labute approximate surface area is 149 Å². The largest absolute Gasteiger partial charge is 0.444 e. The van der Waals surface area contributed by atoms with E-state index in [0.29, 0.717) is 25.2 Å². The molecule has 1 atom stereocenters. The topological polar surface area (TPSA) is 67.9 Å². The summed E-state index contributed by atoms with van der Waals surface area (Å²) in [6, 6.07) is 7.42. The van der Waals surface area contributed by atoms with Crippen LogP contribution in [0.3, 0.4) is 0 Å². The summed E-state index contributed by atoms with van der Waals surface area (Å²) in [5.74, 6) is 0. The summed E-state index contributed by atoms with van der Waals surface area (Å²) < 4.78 is 11.8. The van der Waals surface area contributed by atoms with Crippen molar-refractivity contribution in [1.82, 2.24) is 4.90 Å². The molecule has 0 aliphatic carbocycles. The van der Waals surface area contributed by atoms with Crippen molar-refractivity contribution in [1.29, 1.82) is 0 Å². The van der Waals surface area contributed by atoms with Crippen LogP contribution in [0.2, 0.25) is 0 Å². The van der Waals surface area contributed by atoms with Crippen LogP contribution >= 0.6 is 22.6 Å². The Morgan fingerprint density at radius 2 is 1.91 bits per heavy atom. The Bertz CT molecular complexity index is 568. The van der Waals surface area contributed by atoms with Crippen LogP contribution in [0.25, 0.3) is 0 Å². The minimum absolute atomic E-state index is 0.314. The van der Waals surface area contributed by atoms with Gasteiger partial charge in [0.2, 0.25) is 0 Å². The summed E-state index contributed by atoms with van der Waals surface area (Å²) in [6.45, 7) is 6.35. The quantitative estimate of drug-likeness (QED) is 0.722. The lowest BCUT2D eigenvalue weighted by molar-refractivity contribution is 0.0263. The van der Waals surface area contributed by atoms with Gasteiger partial charge in [-0.05, 0) is 67.6 Å². The second kappa shape index (κ2) is 7.37. The fraction of sp³-hybridized carbons (Fsp3) is 0.500. The van der Waals surface area contributed by atoms with Crippen molar-refractivity contribution in [2.24, 2.45) is 0 Å². The highest BCUT2D eigenvalue weighted by atomic mass is 127. The molecule has 0 aromatic heterocycles. The van der Waals surface area contributed by atoms with E-state index in [1.54, 1.807) is 4.90 Å². The standard InChI is InChI=1S/C16H21IN2O4/c1-16(2,3)23-15(21)19-9-8-13(10-19)22-14(20)18-12-6-4-11(17)5-7-12/h4-7,13H,8-10H2,1-3H3,(H,18,20)/t13-/m1/s1. The van der Waals surface area contributed by atoms with Crippen molar-refractivity contribution in [3.8, 4) is 0 Å². The number of anilines is 1. The number of amides is 2. The molecule has 1 aromatic rings. The monoisotopic (exact) mass is 432 g/mol. The maximum atomic E-state index is 12.0. The third-order valence-corrected chi connectivity index (χ3v) is 3.88. The summed E-state index contributed by atoms with van der Waals surface area (Å²) in [7, 11) is 0. The van der Waals surface area contributed by atoms with Gasteiger partial charge in [0.05, 0.1) is 6.54 Å². The normalized spacial score (nSPS) is 17.7. The molecule has 0 unspecified atom stereocenters. The lowest BCUT2D eigenvalue weighted by Crippen LogP contribution is -2.36. The molecule has 23 heavy (non-hydrogen) atoms. The van der Waals surface area contributed by atoms with E-state index in [-0.39, 0.29) is 12.2 Å². The number of carbonyl (C=O) groups excluding carboxylic acids is 2. The Kier molecular flexibility index (Phi) is 5.72. The maximum Gasteiger partial charge on any atom is 0.411 e. The van der Waals surface area contributed by atoms with Crippen molar-refractivity contribution >= 4 is 40.5 Å². The van der Waals surface area contributed by atoms with Gasteiger partial charge in [0.1, 0.15) is 11.7 Å². The highest BCUT2D eigenvalue weighted by Gasteiger charge is 2.31. The first-order valence-corrected chi connectivity index (χ1v) is 8.52. The van der Waals surface area contributed by atoms with E-state index in [0.717, 1.165) is 3.57 Å². The lowest BCUT2D eigenvalue weighted by atomic mass is 10.2. The zero-order chi connectivity index (χ0) is 17.0. The van der Waals surface area contributed by atoms with E-state index >= 15 is 0 Å². The molecule has 126 valence electrons. The number of rotatable bonds is 2. The molecule has 1 fully saturated rings. The van der Waals surface area contributed by atoms with Gasteiger partial charge in [-0.25, -0.2) is 9.59 Å². The minimum Gasteiger partial charge on any atom is -0.444 e. The highest BCUT2D eigenvalue weighted by Crippen LogP contribution is 2.18. The predicted octanol–water partition coefficient (Wildman–Crippen LogP) is 3.85. The lowest BCUT2D eigenvalue weighted by Gasteiger charge is -2.24. The molecular formula is C16H21IN2O4. The first kappa shape index (κ1) is 17.8. The number of nitrogens with one attached hydrogen (secondary N) is 1. The smallest absolute Gasteiger partial charge is 0.411 e. The van der Waals surface area contributed by atoms with Gasteiger partial charge in [-0.3, -0.25) is 5.32 Å². The molecule has 1 aliphatic heterocycles. The Balaban J connectivity index is 1.79. The van der Waals surface area contributed by atoms with Crippen LogP contribution in [-0.4, -0.2) is 41.9 Å². The molecule has 2 rings (SSSR count). The molecule has 0 bridgehead atoms. The average molecular weight is 432 g/mol. The Morgan fingerprint density at radius 1 is 1.26 bits per heavy atom. The van der Waals surface area contributed by atoms with Gasteiger partial charge in [-0.1, -0.05) is 0 Å². The first-order valence-electron chi connectivity index (χ1n) is 7.44. The second-order valence-corrected chi connectivity index (χ2v) is 7.62. The third kappa shape index (κ3) is 5.89. The summed E-state index contributed by atoms with van der Waals surface area (Å²) >= 11 is 2.19. The van der Waals surface area contributed by atoms with Gasteiger partial charge >= 0.3 is 12.2 Å². The highest BCUT2D eigenvalue weighted by molar-refractivity contribution is 14.1. The van der Waals surface area contributed by atoms with E-state index < -0.39 is 11.7 Å². The molecule has 1 aliphatic rings. The number of nitrogens with zero attached hydrogens (tertiary/aromatic N) is 1. The van der Waals surface area contributed by atoms with Crippen LogP contribution in [0.1, 0.15) is 27.2 Å². The average Bonchev–Trinajstić information content (AvgIpc) is 2.88. The van der Waals surface area contributed by atoms with E-state index in [1.165, 1.54) is 0 Å². The number of benzene rings is 1. The molecule has 1 heterocycles. The SMILES string of the molecule is CC(C)(C)OC(=O)N1CC[C@@H](OC(=O)Nc2ccc(I)cc2)C1. The molecule has 2 amide bonds. The molecule has 1 N–H and O–H groups in total. The zero-order valence-electron chi connectivity index (χ0n) is 13.5. The van der Waals surface area contributed by atoms with Crippen molar-refractivity contribution in [2.75, 3.05) is 18.4 Å². The van der Waals surface area contributed by atoms with E-state index in [1.807, 2.05) is 45.0 Å². The van der Waals surface area contributed by atoms with Gasteiger partial charge in [-0.2, -0.15) is 0 Å². The third-order valence-electron chi connectivity index (χ3n) is 3.16. The molecular weight excluding hydrogens is 411 g/mol. The van der Waals surface area contributed by atoms with Gasteiger partial charge in [0.15, 0.2) is 0 Å². The predicted molar refractivity (Wildman–Crippen MR) is 95.5 cm³/mol. The fourth-order valence-corrected chi connectivity index (χ4v) is 2.51. The molecule has 0 spiro atoms. The molecule has 1 saturated heterocycles. The van der Waals surface area contributed by atoms with Crippen LogP contribution < -0.4 is 5.32 Å². The van der Waals surface area contributed by atoms with Crippen LogP contribution in [0.4, 0.5) is 15.3 Å². The van der Waals surface area contributed by atoms with Crippen molar-refractivity contribution in [3.63, 3.8) is 0 Å². The summed E-state index contributed by atoms with van der Waals surface area (Å²) in [4.78, 5) is 25.4. The van der Waals surface area contributed by atoms with Gasteiger partial charge < -0.3 is 14.4 Å². The summed E-state index contributed by atoms with van der Waals surface area (Å²) in [6.07, 6.45) is -0.588. The number of halogens is 1. The summed E-state index contributed by atoms with van der Waals surface area (Å²) in [5, 5.41) is 2.68.